The van der Waals surface area contributed by atoms with E-state index in [1.807, 2.05) is 48.5 Å². The fraction of sp³-hybridized carbons (Fsp3) is 0.320. The lowest BCUT2D eigenvalue weighted by Crippen LogP contribution is -2.38. The zero-order chi connectivity index (χ0) is 22.5. The lowest BCUT2D eigenvalue weighted by atomic mass is 9.96. The first-order valence-corrected chi connectivity index (χ1v) is 11.0. The second-order valence-electron chi connectivity index (χ2n) is 8.27. The first-order chi connectivity index (χ1) is 15.5. The number of rotatable bonds is 6. The summed E-state index contributed by atoms with van der Waals surface area (Å²) in [5.41, 5.74) is 8.98. The fourth-order valence-corrected chi connectivity index (χ4v) is 4.22. The van der Waals surface area contributed by atoms with E-state index in [0.717, 1.165) is 61.5 Å². The molecule has 2 aliphatic rings. The van der Waals surface area contributed by atoms with Gasteiger partial charge in [-0.1, -0.05) is 12.1 Å². The van der Waals surface area contributed by atoms with Gasteiger partial charge in [0.1, 0.15) is 0 Å². The lowest BCUT2D eigenvalue weighted by molar-refractivity contribution is -0.122. The maximum atomic E-state index is 12.3. The molecule has 4 rings (SSSR count). The van der Waals surface area contributed by atoms with Crippen LogP contribution in [0.5, 0.6) is 0 Å². The Morgan fingerprint density at radius 2 is 1.59 bits per heavy atom. The summed E-state index contributed by atoms with van der Waals surface area (Å²) in [4.78, 5) is 39.5. The van der Waals surface area contributed by atoms with Crippen molar-refractivity contribution >= 4 is 40.9 Å². The number of amides is 3. The zero-order valence-electron chi connectivity index (χ0n) is 18.0. The number of carbonyl (C=O) groups is 3. The highest BCUT2D eigenvalue weighted by atomic mass is 16.2. The van der Waals surface area contributed by atoms with Gasteiger partial charge in [-0.3, -0.25) is 14.4 Å². The molecule has 3 N–H and O–H groups in total. The molecule has 0 bridgehead atoms. The molecular formula is C25H28N4O3. The van der Waals surface area contributed by atoms with Gasteiger partial charge in [0.25, 0.3) is 0 Å². The standard InChI is InChI=1S/C25H28N4O3/c26-25(32)19-13-16-28(17-14-19)21-10-6-20(7-11-21)27-23(30)12-5-18-3-8-22(9-4-18)29-15-1-2-24(29)31/h3-12,19H,1-2,13-17H2,(H2,26,32)(H,27,30)/b12-5+. The predicted molar refractivity (Wildman–Crippen MR) is 126 cm³/mol. The molecular weight excluding hydrogens is 404 g/mol. The minimum absolute atomic E-state index is 0.0319. The van der Waals surface area contributed by atoms with E-state index in [4.69, 9.17) is 5.73 Å². The molecule has 0 spiro atoms. The summed E-state index contributed by atoms with van der Waals surface area (Å²) in [5, 5.41) is 2.87. The van der Waals surface area contributed by atoms with Crippen molar-refractivity contribution in [2.75, 3.05) is 34.8 Å². The van der Waals surface area contributed by atoms with Crippen LogP contribution in [0.4, 0.5) is 17.1 Å². The molecule has 2 saturated heterocycles. The first-order valence-electron chi connectivity index (χ1n) is 11.0. The number of carbonyl (C=O) groups excluding carboxylic acids is 3. The minimum Gasteiger partial charge on any atom is -0.371 e. The van der Waals surface area contributed by atoms with Crippen molar-refractivity contribution in [2.24, 2.45) is 11.7 Å². The van der Waals surface area contributed by atoms with Gasteiger partial charge < -0.3 is 20.9 Å². The molecule has 0 aliphatic carbocycles. The Labute approximate surface area is 187 Å². The van der Waals surface area contributed by atoms with Gasteiger partial charge in [0, 0.05) is 55.1 Å². The van der Waals surface area contributed by atoms with Gasteiger partial charge in [-0.2, -0.15) is 0 Å². The maximum Gasteiger partial charge on any atom is 0.248 e. The Morgan fingerprint density at radius 1 is 0.938 bits per heavy atom. The topological polar surface area (TPSA) is 95.7 Å². The monoisotopic (exact) mass is 432 g/mol. The third-order valence-corrected chi connectivity index (χ3v) is 6.10. The second-order valence-corrected chi connectivity index (χ2v) is 8.27. The highest BCUT2D eigenvalue weighted by Gasteiger charge is 2.23. The average molecular weight is 433 g/mol. The number of nitrogens with one attached hydrogen (secondary N) is 1. The Kier molecular flexibility index (Phi) is 6.54. The van der Waals surface area contributed by atoms with Gasteiger partial charge in [0.2, 0.25) is 17.7 Å². The summed E-state index contributed by atoms with van der Waals surface area (Å²) < 4.78 is 0. The van der Waals surface area contributed by atoms with Crippen molar-refractivity contribution in [3.63, 3.8) is 0 Å². The van der Waals surface area contributed by atoms with Crippen LogP contribution in [-0.2, 0) is 14.4 Å². The second kappa shape index (κ2) is 9.68. The van der Waals surface area contributed by atoms with E-state index in [1.165, 1.54) is 6.08 Å². The Bertz CT molecular complexity index is 1010. The molecule has 2 fully saturated rings. The van der Waals surface area contributed by atoms with E-state index in [0.29, 0.717) is 6.42 Å². The summed E-state index contributed by atoms with van der Waals surface area (Å²) in [6.45, 7) is 2.36. The van der Waals surface area contributed by atoms with Crippen LogP contribution in [0.1, 0.15) is 31.2 Å². The molecule has 0 unspecified atom stereocenters. The van der Waals surface area contributed by atoms with Gasteiger partial charge in [0.05, 0.1) is 0 Å². The molecule has 2 aliphatic heterocycles. The van der Waals surface area contributed by atoms with Gasteiger partial charge in [0.15, 0.2) is 0 Å². The fourth-order valence-electron chi connectivity index (χ4n) is 4.22. The molecule has 0 atom stereocenters. The molecule has 2 aromatic carbocycles. The number of benzene rings is 2. The molecule has 32 heavy (non-hydrogen) atoms. The van der Waals surface area contributed by atoms with Crippen LogP contribution in [0, 0.1) is 5.92 Å². The minimum atomic E-state index is -0.214. The van der Waals surface area contributed by atoms with E-state index in [1.54, 1.807) is 11.0 Å². The lowest BCUT2D eigenvalue weighted by Gasteiger charge is -2.32. The molecule has 7 nitrogen and oxygen atoms in total. The number of hydrogen-bond acceptors (Lipinski definition) is 4. The molecule has 0 radical (unpaired) electrons. The van der Waals surface area contributed by atoms with Crippen LogP contribution in [0.15, 0.2) is 54.6 Å². The summed E-state index contributed by atoms with van der Waals surface area (Å²) in [7, 11) is 0. The van der Waals surface area contributed by atoms with Crippen molar-refractivity contribution in [3.05, 3.63) is 60.2 Å². The SMILES string of the molecule is NC(=O)C1CCN(c2ccc(NC(=O)/C=C/c3ccc(N4CCCC4=O)cc3)cc2)CC1. The number of anilines is 3. The normalized spacial score (nSPS) is 17.2. The maximum absolute atomic E-state index is 12.3. The largest absolute Gasteiger partial charge is 0.371 e. The number of nitrogens with zero attached hydrogens (tertiary/aromatic N) is 2. The third kappa shape index (κ3) is 5.17. The van der Waals surface area contributed by atoms with Crippen LogP contribution < -0.4 is 20.9 Å². The van der Waals surface area contributed by atoms with Crippen LogP contribution in [0.3, 0.4) is 0 Å². The number of hydrogen-bond donors (Lipinski definition) is 2. The average Bonchev–Trinajstić information content (AvgIpc) is 3.24. The van der Waals surface area contributed by atoms with Crippen molar-refractivity contribution in [1.29, 1.82) is 0 Å². The van der Waals surface area contributed by atoms with Crippen molar-refractivity contribution in [1.82, 2.24) is 0 Å². The third-order valence-electron chi connectivity index (χ3n) is 6.10. The van der Waals surface area contributed by atoms with E-state index >= 15 is 0 Å². The van der Waals surface area contributed by atoms with E-state index in [9.17, 15) is 14.4 Å². The summed E-state index contributed by atoms with van der Waals surface area (Å²) in [6.07, 6.45) is 6.30. The summed E-state index contributed by atoms with van der Waals surface area (Å²) >= 11 is 0. The van der Waals surface area contributed by atoms with Crippen LogP contribution in [0.2, 0.25) is 0 Å². The van der Waals surface area contributed by atoms with Gasteiger partial charge in [-0.05, 0) is 67.3 Å². The highest BCUT2D eigenvalue weighted by molar-refractivity contribution is 6.02. The molecule has 3 amide bonds. The quantitative estimate of drug-likeness (QED) is 0.686. The van der Waals surface area contributed by atoms with Gasteiger partial charge in [-0.15, -0.1) is 0 Å². The molecule has 7 heteroatoms. The molecule has 2 heterocycles. The molecule has 166 valence electrons. The Morgan fingerprint density at radius 3 is 2.19 bits per heavy atom. The first kappa shape index (κ1) is 21.6. The van der Waals surface area contributed by atoms with Crippen molar-refractivity contribution in [3.8, 4) is 0 Å². The van der Waals surface area contributed by atoms with Crippen molar-refractivity contribution < 1.29 is 14.4 Å². The zero-order valence-corrected chi connectivity index (χ0v) is 18.0. The van der Waals surface area contributed by atoms with E-state index < -0.39 is 0 Å². The smallest absolute Gasteiger partial charge is 0.248 e. The predicted octanol–water partition coefficient (Wildman–Crippen LogP) is 3.17. The van der Waals surface area contributed by atoms with E-state index in [2.05, 4.69) is 10.2 Å². The van der Waals surface area contributed by atoms with Crippen LogP contribution in [0.25, 0.3) is 6.08 Å². The Balaban J connectivity index is 1.29. The summed E-state index contributed by atoms with van der Waals surface area (Å²) in [5.74, 6) is -0.295. The van der Waals surface area contributed by atoms with Gasteiger partial charge in [-0.25, -0.2) is 0 Å². The van der Waals surface area contributed by atoms with Crippen LogP contribution in [-0.4, -0.2) is 37.4 Å². The molecule has 0 aromatic heterocycles. The highest BCUT2D eigenvalue weighted by Crippen LogP contribution is 2.25. The van der Waals surface area contributed by atoms with E-state index in [-0.39, 0.29) is 23.6 Å². The number of primary amides is 1. The van der Waals surface area contributed by atoms with Gasteiger partial charge >= 0.3 is 0 Å². The number of piperidine rings is 1. The summed E-state index contributed by atoms with van der Waals surface area (Å²) in [6, 6.07) is 15.3. The molecule has 0 saturated carbocycles. The Hall–Kier alpha value is -3.61. The molecule has 2 aromatic rings. The number of nitrogens with two attached hydrogens (primary N) is 1. The van der Waals surface area contributed by atoms with Crippen LogP contribution >= 0.6 is 0 Å². The van der Waals surface area contributed by atoms with Crippen molar-refractivity contribution in [2.45, 2.75) is 25.7 Å².